The first-order valence-corrected chi connectivity index (χ1v) is 4.94. The van der Waals surface area contributed by atoms with Gasteiger partial charge in [0.25, 0.3) is 0 Å². The highest BCUT2D eigenvalue weighted by molar-refractivity contribution is 7.80. The van der Waals surface area contributed by atoms with Crippen LogP contribution in [0.3, 0.4) is 0 Å². The third-order valence-corrected chi connectivity index (χ3v) is 1.93. The average Bonchev–Trinajstić information content (AvgIpc) is 2.18. The van der Waals surface area contributed by atoms with E-state index in [2.05, 4.69) is 12.6 Å². The molecule has 14 heavy (non-hydrogen) atoms. The van der Waals surface area contributed by atoms with Crippen molar-refractivity contribution in [1.29, 1.82) is 0 Å². The van der Waals surface area contributed by atoms with Crippen LogP contribution in [-0.2, 0) is 4.74 Å². The molecule has 1 aromatic rings. The summed E-state index contributed by atoms with van der Waals surface area (Å²) in [6.07, 6.45) is 0.730. The Morgan fingerprint density at radius 2 is 2.29 bits per heavy atom. The molecule has 0 bridgehead atoms. The number of ether oxygens (including phenoxy) is 1. The smallest absolute Gasteiger partial charge is 0.338 e. The number of hydrogen-bond donors (Lipinski definition) is 2. The van der Waals surface area contributed by atoms with Crippen molar-refractivity contribution in [3.05, 3.63) is 29.8 Å². The molecule has 0 amide bonds. The van der Waals surface area contributed by atoms with E-state index in [1.807, 2.05) is 0 Å². The molecule has 1 rings (SSSR count). The van der Waals surface area contributed by atoms with Gasteiger partial charge < -0.3 is 9.84 Å². The van der Waals surface area contributed by atoms with Crippen molar-refractivity contribution in [3.8, 4) is 5.75 Å². The topological polar surface area (TPSA) is 46.5 Å². The van der Waals surface area contributed by atoms with Crippen LogP contribution in [0.5, 0.6) is 5.75 Å². The molecule has 0 saturated carbocycles. The summed E-state index contributed by atoms with van der Waals surface area (Å²) in [5.74, 6) is 0.337. The zero-order valence-corrected chi connectivity index (χ0v) is 8.54. The largest absolute Gasteiger partial charge is 0.508 e. The van der Waals surface area contributed by atoms with Crippen LogP contribution in [0.15, 0.2) is 24.3 Å². The maximum absolute atomic E-state index is 11.3. The fraction of sp³-hybridized carbons (Fsp3) is 0.300. The van der Waals surface area contributed by atoms with Gasteiger partial charge in [-0.2, -0.15) is 12.6 Å². The van der Waals surface area contributed by atoms with E-state index in [-0.39, 0.29) is 5.75 Å². The van der Waals surface area contributed by atoms with Gasteiger partial charge in [0.05, 0.1) is 12.2 Å². The quantitative estimate of drug-likeness (QED) is 0.455. The Morgan fingerprint density at radius 3 is 2.93 bits per heavy atom. The summed E-state index contributed by atoms with van der Waals surface area (Å²) in [6.45, 7) is 0.359. The Morgan fingerprint density at radius 1 is 1.50 bits per heavy atom. The van der Waals surface area contributed by atoms with Gasteiger partial charge in [-0.15, -0.1) is 0 Å². The molecule has 1 N–H and O–H groups in total. The van der Waals surface area contributed by atoms with Gasteiger partial charge in [0.1, 0.15) is 5.75 Å². The second-order valence-corrected chi connectivity index (χ2v) is 3.21. The Bertz CT molecular complexity index is 312. The second-order valence-electron chi connectivity index (χ2n) is 2.76. The summed E-state index contributed by atoms with van der Waals surface area (Å²) < 4.78 is 4.92. The lowest BCUT2D eigenvalue weighted by Crippen LogP contribution is -2.06. The van der Waals surface area contributed by atoms with E-state index in [0.717, 1.165) is 6.42 Å². The van der Waals surface area contributed by atoms with Crippen LogP contribution in [0.1, 0.15) is 16.8 Å². The normalized spacial score (nSPS) is 9.79. The average molecular weight is 212 g/mol. The summed E-state index contributed by atoms with van der Waals surface area (Å²) in [4.78, 5) is 11.3. The van der Waals surface area contributed by atoms with Gasteiger partial charge >= 0.3 is 5.97 Å². The number of hydrogen-bond acceptors (Lipinski definition) is 4. The SMILES string of the molecule is O=C(OCCCS)c1cccc(O)c1. The van der Waals surface area contributed by atoms with Crippen LogP contribution in [0.25, 0.3) is 0 Å². The minimum Gasteiger partial charge on any atom is -0.508 e. The standard InChI is InChI=1S/C10H12O3S/c11-9-4-1-3-8(7-9)10(12)13-5-2-6-14/h1,3-4,7,11,14H,2,5-6H2. The van der Waals surface area contributed by atoms with Crippen LogP contribution >= 0.6 is 12.6 Å². The van der Waals surface area contributed by atoms with Crippen molar-refractivity contribution in [2.75, 3.05) is 12.4 Å². The van der Waals surface area contributed by atoms with Crippen LogP contribution in [0.2, 0.25) is 0 Å². The second kappa shape index (κ2) is 5.54. The highest BCUT2D eigenvalue weighted by Gasteiger charge is 2.06. The minimum atomic E-state index is -0.414. The number of rotatable bonds is 4. The lowest BCUT2D eigenvalue weighted by Gasteiger charge is -2.03. The molecule has 0 heterocycles. The van der Waals surface area contributed by atoms with Crippen molar-refractivity contribution in [2.24, 2.45) is 0 Å². The lowest BCUT2D eigenvalue weighted by molar-refractivity contribution is 0.0506. The number of carbonyl (C=O) groups is 1. The minimum absolute atomic E-state index is 0.0636. The lowest BCUT2D eigenvalue weighted by atomic mass is 10.2. The number of thiol groups is 1. The summed E-state index contributed by atoms with van der Waals surface area (Å²) in [6, 6.07) is 6.08. The molecule has 76 valence electrons. The van der Waals surface area contributed by atoms with Gasteiger partial charge in [-0.25, -0.2) is 4.79 Å². The van der Waals surface area contributed by atoms with E-state index in [9.17, 15) is 4.79 Å². The number of aromatic hydroxyl groups is 1. The Labute approximate surface area is 88.1 Å². The molecule has 0 radical (unpaired) electrons. The fourth-order valence-electron chi connectivity index (χ4n) is 0.946. The highest BCUT2D eigenvalue weighted by Crippen LogP contribution is 2.11. The van der Waals surface area contributed by atoms with Crippen molar-refractivity contribution < 1.29 is 14.6 Å². The molecule has 0 aliphatic rings. The van der Waals surface area contributed by atoms with Crippen LogP contribution in [-0.4, -0.2) is 23.4 Å². The van der Waals surface area contributed by atoms with Gasteiger partial charge in [-0.05, 0) is 30.4 Å². The first-order valence-electron chi connectivity index (χ1n) is 4.31. The molecule has 0 fully saturated rings. The molecule has 0 aliphatic carbocycles. The summed E-state index contributed by atoms with van der Waals surface area (Å²) in [5, 5.41) is 9.11. The van der Waals surface area contributed by atoms with Crippen LogP contribution in [0, 0.1) is 0 Å². The summed E-state index contributed by atoms with van der Waals surface area (Å²) in [7, 11) is 0. The molecular formula is C10H12O3S. The number of phenolic OH excluding ortho intramolecular Hbond substituents is 1. The van der Waals surface area contributed by atoms with Crippen molar-refractivity contribution in [1.82, 2.24) is 0 Å². The molecule has 0 unspecified atom stereocenters. The first kappa shape index (κ1) is 10.9. The third-order valence-electron chi connectivity index (χ3n) is 1.62. The zero-order chi connectivity index (χ0) is 10.4. The Hall–Kier alpha value is -1.16. The van der Waals surface area contributed by atoms with Gasteiger partial charge in [-0.1, -0.05) is 6.07 Å². The van der Waals surface area contributed by atoms with Crippen molar-refractivity contribution >= 4 is 18.6 Å². The molecule has 0 atom stereocenters. The van der Waals surface area contributed by atoms with E-state index in [4.69, 9.17) is 9.84 Å². The highest BCUT2D eigenvalue weighted by atomic mass is 32.1. The van der Waals surface area contributed by atoms with Crippen molar-refractivity contribution in [2.45, 2.75) is 6.42 Å². The van der Waals surface area contributed by atoms with Gasteiger partial charge in [0.15, 0.2) is 0 Å². The summed E-state index contributed by atoms with van der Waals surface area (Å²) >= 11 is 4.00. The molecule has 0 saturated heterocycles. The first-order chi connectivity index (χ1) is 6.74. The van der Waals surface area contributed by atoms with E-state index in [1.165, 1.54) is 12.1 Å². The van der Waals surface area contributed by atoms with E-state index >= 15 is 0 Å². The van der Waals surface area contributed by atoms with Gasteiger partial charge in [-0.3, -0.25) is 0 Å². The van der Waals surface area contributed by atoms with Crippen LogP contribution < -0.4 is 0 Å². The molecule has 0 aromatic heterocycles. The van der Waals surface area contributed by atoms with Crippen molar-refractivity contribution in [3.63, 3.8) is 0 Å². The van der Waals surface area contributed by atoms with E-state index in [0.29, 0.717) is 17.9 Å². The van der Waals surface area contributed by atoms with E-state index in [1.54, 1.807) is 12.1 Å². The molecule has 3 nitrogen and oxygen atoms in total. The number of carbonyl (C=O) groups excluding carboxylic acids is 1. The molecule has 0 aliphatic heterocycles. The van der Waals surface area contributed by atoms with Crippen LogP contribution in [0.4, 0.5) is 0 Å². The Balaban J connectivity index is 2.52. The Kier molecular flexibility index (Phi) is 4.32. The molecule has 0 spiro atoms. The molecule has 1 aromatic carbocycles. The maximum atomic E-state index is 11.3. The maximum Gasteiger partial charge on any atom is 0.338 e. The van der Waals surface area contributed by atoms with E-state index < -0.39 is 5.97 Å². The van der Waals surface area contributed by atoms with Gasteiger partial charge in [0, 0.05) is 0 Å². The fourth-order valence-corrected chi connectivity index (χ4v) is 1.07. The molecular weight excluding hydrogens is 200 g/mol. The molecule has 4 heteroatoms. The number of phenols is 1. The third kappa shape index (κ3) is 3.30. The summed E-state index contributed by atoms with van der Waals surface area (Å²) in [5.41, 5.74) is 0.365. The predicted molar refractivity (Wildman–Crippen MR) is 56.9 cm³/mol. The van der Waals surface area contributed by atoms with Gasteiger partial charge in [0.2, 0.25) is 0 Å². The predicted octanol–water partition coefficient (Wildman–Crippen LogP) is 1.87. The number of benzene rings is 1. The number of esters is 1. The zero-order valence-electron chi connectivity index (χ0n) is 7.64. The monoisotopic (exact) mass is 212 g/mol.